The molecule has 0 spiro atoms. The van der Waals surface area contributed by atoms with Crippen molar-refractivity contribution < 1.29 is 17.9 Å². The number of sulfonamides is 1. The second-order valence-electron chi connectivity index (χ2n) is 4.49. The third-order valence-corrected chi connectivity index (χ3v) is 3.77. The lowest BCUT2D eigenvalue weighted by Gasteiger charge is -2.17. The molecule has 1 unspecified atom stereocenters. The van der Waals surface area contributed by atoms with Crippen LogP contribution in [0.15, 0.2) is 58.9 Å². The number of rotatable bonds is 7. The molecule has 112 valence electrons. The fraction of sp³-hybridized carbons (Fsp3) is 0.267. The van der Waals surface area contributed by atoms with E-state index in [9.17, 15) is 8.42 Å². The predicted octanol–water partition coefficient (Wildman–Crippen LogP) is 2.25. The lowest BCUT2D eigenvalue weighted by Crippen LogP contribution is -2.16. The van der Waals surface area contributed by atoms with Gasteiger partial charge in [-0.2, -0.15) is 8.42 Å². The summed E-state index contributed by atoms with van der Waals surface area (Å²) in [5.41, 5.74) is 1.06. The van der Waals surface area contributed by atoms with Gasteiger partial charge in [0.25, 0.3) is 10.0 Å². The fourth-order valence-corrected chi connectivity index (χ4v) is 2.56. The second-order valence-corrected chi connectivity index (χ2v) is 5.98. The van der Waals surface area contributed by atoms with E-state index in [1.165, 1.54) is 6.08 Å². The molecule has 0 amide bonds. The Labute approximate surface area is 124 Å². The number of hydrogen-bond acceptors (Lipinski definition) is 4. The molecule has 0 radical (unpaired) electrons. The zero-order valence-electron chi connectivity index (χ0n) is 11.5. The van der Waals surface area contributed by atoms with Gasteiger partial charge in [-0.15, -0.1) is 11.0 Å². The molecule has 0 saturated carbocycles. The molecule has 2 rings (SSSR count). The summed E-state index contributed by atoms with van der Waals surface area (Å²) in [7, 11) is -3.49. The van der Waals surface area contributed by atoms with Crippen LogP contribution in [0.1, 0.15) is 11.5 Å². The Morgan fingerprint density at radius 3 is 2.62 bits per heavy atom. The van der Waals surface area contributed by atoms with Gasteiger partial charge in [0.15, 0.2) is 0 Å². The predicted molar refractivity (Wildman–Crippen MR) is 81.6 cm³/mol. The molecule has 21 heavy (non-hydrogen) atoms. The molecule has 0 saturated heterocycles. The highest BCUT2D eigenvalue weighted by molar-refractivity contribution is 7.93. The third-order valence-electron chi connectivity index (χ3n) is 2.86. The van der Waals surface area contributed by atoms with E-state index in [1.807, 2.05) is 30.3 Å². The van der Waals surface area contributed by atoms with Crippen LogP contribution in [0.2, 0.25) is 0 Å². The van der Waals surface area contributed by atoms with Gasteiger partial charge in [0.05, 0.1) is 25.2 Å². The molecule has 1 aromatic rings. The van der Waals surface area contributed by atoms with Gasteiger partial charge in [0.2, 0.25) is 5.90 Å². The van der Waals surface area contributed by atoms with Gasteiger partial charge >= 0.3 is 0 Å². The maximum absolute atomic E-state index is 11.2. The number of nitrogens with zero attached hydrogens (tertiary/aromatic N) is 1. The SMILES string of the molecule is C=CCOCC(COC1=NS(=O)(=O)C=C1)c1ccccc1. The van der Waals surface area contributed by atoms with Crippen molar-refractivity contribution in [2.75, 3.05) is 19.8 Å². The van der Waals surface area contributed by atoms with Gasteiger partial charge in [-0.05, 0) is 5.56 Å². The van der Waals surface area contributed by atoms with Crippen molar-refractivity contribution in [2.24, 2.45) is 4.40 Å². The second kappa shape index (κ2) is 7.19. The van der Waals surface area contributed by atoms with Crippen LogP contribution in [-0.4, -0.2) is 34.1 Å². The van der Waals surface area contributed by atoms with Gasteiger partial charge < -0.3 is 9.47 Å². The summed E-state index contributed by atoms with van der Waals surface area (Å²) >= 11 is 0. The van der Waals surface area contributed by atoms with Crippen molar-refractivity contribution in [3.8, 4) is 0 Å². The molecule has 0 aromatic heterocycles. The molecular formula is C15H17NO4S. The molecule has 1 aliphatic heterocycles. The minimum Gasteiger partial charge on any atom is -0.476 e. The molecule has 0 bridgehead atoms. The first-order valence-electron chi connectivity index (χ1n) is 6.50. The number of benzene rings is 1. The molecular weight excluding hydrogens is 290 g/mol. The topological polar surface area (TPSA) is 65.0 Å². The zero-order valence-corrected chi connectivity index (χ0v) is 12.3. The van der Waals surface area contributed by atoms with Crippen molar-refractivity contribution in [2.45, 2.75) is 5.92 Å². The van der Waals surface area contributed by atoms with Gasteiger partial charge in [0.1, 0.15) is 0 Å². The first-order chi connectivity index (χ1) is 10.1. The fourth-order valence-electron chi connectivity index (χ4n) is 1.85. The number of ether oxygens (including phenoxy) is 2. The highest BCUT2D eigenvalue weighted by Gasteiger charge is 2.17. The maximum atomic E-state index is 11.2. The van der Waals surface area contributed by atoms with Crippen LogP contribution in [0.5, 0.6) is 0 Å². The van der Waals surface area contributed by atoms with Gasteiger partial charge in [-0.1, -0.05) is 36.4 Å². The molecule has 0 aliphatic carbocycles. The highest BCUT2D eigenvalue weighted by atomic mass is 32.2. The summed E-state index contributed by atoms with van der Waals surface area (Å²) in [6.07, 6.45) is 3.03. The van der Waals surface area contributed by atoms with Crippen molar-refractivity contribution in [1.29, 1.82) is 0 Å². The minimum atomic E-state index is -3.49. The zero-order chi connectivity index (χ0) is 15.1. The molecule has 0 fully saturated rings. The van der Waals surface area contributed by atoms with Crippen molar-refractivity contribution in [3.05, 3.63) is 60.0 Å². The van der Waals surface area contributed by atoms with Crippen molar-refractivity contribution in [3.63, 3.8) is 0 Å². The van der Waals surface area contributed by atoms with Crippen molar-refractivity contribution >= 4 is 15.9 Å². The largest absolute Gasteiger partial charge is 0.476 e. The summed E-state index contributed by atoms with van der Waals surface area (Å²) in [4.78, 5) is 0. The van der Waals surface area contributed by atoms with E-state index in [2.05, 4.69) is 11.0 Å². The lowest BCUT2D eigenvalue weighted by atomic mass is 10.0. The van der Waals surface area contributed by atoms with E-state index in [1.54, 1.807) is 6.08 Å². The summed E-state index contributed by atoms with van der Waals surface area (Å²) in [6.45, 7) is 4.81. The Bertz CT molecular complexity index is 635. The Balaban J connectivity index is 1.99. The van der Waals surface area contributed by atoms with E-state index in [0.29, 0.717) is 19.8 Å². The smallest absolute Gasteiger partial charge is 0.278 e. The molecule has 1 aliphatic rings. The van der Waals surface area contributed by atoms with Gasteiger partial charge in [-0.25, -0.2) is 0 Å². The Morgan fingerprint density at radius 1 is 1.24 bits per heavy atom. The average Bonchev–Trinajstić information content (AvgIpc) is 2.83. The van der Waals surface area contributed by atoms with Crippen LogP contribution in [0.25, 0.3) is 0 Å². The monoisotopic (exact) mass is 307 g/mol. The van der Waals surface area contributed by atoms with Crippen LogP contribution in [0, 0.1) is 0 Å². The summed E-state index contributed by atoms with van der Waals surface area (Å²) in [5.74, 6) is 0.102. The van der Waals surface area contributed by atoms with Gasteiger partial charge in [0, 0.05) is 12.0 Å². The molecule has 1 atom stereocenters. The maximum Gasteiger partial charge on any atom is 0.278 e. The van der Waals surface area contributed by atoms with E-state index < -0.39 is 10.0 Å². The quantitative estimate of drug-likeness (QED) is 0.572. The summed E-state index contributed by atoms with van der Waals surface area (Å²) in [6, 6.07) is 9.77. The number of hydrogen-bond donors (Lipinski definition) is 0. The minimum absolute atomic E-state index is 0.00875. The Hall–Kier alpha value is -1.92. The standard InChI is InChI=1S/C15H17NO4S/c1-2-9-19-11-14(13-6-4-3-5-7-13)12-20-15-8-10-21(17,18)16-15/h2-8,10,14H,1,9,11-12H2. The van der Waals surface area contributed by atoms with Crippen LogP contribution >= 0.6 is 0 Å². The van der Waals surface area contributed by atoms with Crippen molar-refractivity contribution in [1.82, 2.24) is 0 Å². The lowest BCUT2D eigenvalue weighted by molar-refractivity contribution is 0.123. The Kier molecular flexibility index (Phi) is 5.30. The normalized spacial score (nSPS) is 17.2. The average molecular weight is 307 g/mol. The molecule has 6 heteroatoms. The molecule has 1 heterocycles. The van der Waals surface area contributed by atoms with Crippen LogP contribution in [0.4, 0.5) is 0 Å². The first-order valence-corrected chi connectivity index (χ1v) is 8.00. The van der Waals surface area contributed by atoms with Crippen LogP contribution in [0.3, 0.4) is 0 Å². The Morgan fingerprint density at radius 2 is 2.00 bits per heavy atom. The highest BCUT2D eigenvalue weighted by Crippen LogP contribution is 2.18. The van der Waals surface area contributed by atoms with E-state index in [-0.39, 0.29) is 11.8 Å². The van der Waals surface area contributed by atoms with Crippen LogP contribution in [-0.2, 0) is 19.5 Å². The third kappa shape index (κ3) is 4.84. The van der Waals surface area contributed by atoms with Crippen LogP contribution < -0.4 is 0 Å². The van der Waals surface area contributed by atoms with E-state index in [4.69, 9.17) is 9.47 Å². The molecule has 0 N–H and O–H groups in total. The van der Waals surface area contributed by atoms with Gasteiger partial charge in [-0.3, -0.25) is 0 Å². The molecule has 1 aromatic carbocycles. The van der Waals surface area contributed by atoms with E-state index in [0.717, 1.165) is 11.0 Å². The molecule has 5 nitrogen and oxygen atoms in total. The summed E-state index contributed by atoms with van der Waals surface area (Å²) in [5, 5.41) is 1.02. The summed E-state index contributed by atoms with van der Waals surface area (Å²) < 4.78 is 36.8. The van der Waals surface area contributed by atoms with E-state index >= 15 is 0 Å². The first kappa shape index (κ1) is 15.5.